The third-order valence-corrected chi connectivity index (χ3v) is 7.05. The lowest BCUT2D eigenvalue weighted by molar-refractivity contribution is -0.122. The van der Waals surface area contributed by atoms with Gasteiger partial charge in [0.15, 0.2) is 0 Å². The van der Waals surface area contributed by atoms with Crippen LogP contribution in [0.5, 0.6) is 0 Å². The van der Waals surface area contributed by atoms with Crippen LogP contribution in [0.4, 0.5) is 0 Å². The van der Waals surface area contributed by atoms with Gasteiger partial charge in [0.1, 0.15) is 0 Å². The molecule has 1 aliphatic rings. The zero-order valence-electron chi connectivity index (χ0n) is 22.0. The molecule has 196 valence electrons. The van der Waals surface area contributed by atoms with Gasteiger partial charge in [-0.1, -0.05) is 33.6 Å². The molecule has 0 aromatic rings. The van der Waals surface area contributed by atoms with Crippen LogP contribution in [0.1, 0.15) is 85.0 Å². The number of hydrogen-bond acceptors (Lipinski definition) is 6. The highest BCUT2D eigenvalue weighted by Crippen LogP contribution is 2.33. The molecule has 7 heteroatoms. The Kier molecular flexibility index (Phi) is 18.0. The number of nitrogens with two attached hydrogens (primary N) is 2. The van der Waals surface area contributed by atoms with Crippen LogP contribution in [0.2, 0.25) is 0 Å². The van der Waals surface area contributed by atoms with Crippen LogP contribution in [0.3, 0.4) is 0 Å². The van der Waals surface area contributed by atoms with E-state index in [4.69, 9.17) is 11.5 Å². The summed E-state index contributed by atoms with van der Waals surface area (Å²) in [4.78, 5) is 12.2. The fourth-order valence-electron chi connectivity index (χ4n) is 4.88. The number of rotatable bonds is 20. The van der Waals surface area contributed by atoms with E-state index >= 15 is 0 Å². The fraction of sp³-hybridized carbons (Fsp3) is 0.962. The molecule has 4 atom stereocenters. The molecular formula is C26H56N6O. The lowest BCUT2D eigenvalue weighted by atomic mass is 9.74. The van der Waals surface area contributed by atoms with Gasteiger partial charge in [-0.25, -0.2) is 0 Å². The summed E-state index contributed by atoms with van der Waals surface area (Å²) in [6.45, 7) is 13.6. The van der Waals surface area contributed by atoms with Gasteiger partial charge in [0, 0.05) is 12.6 Å². The van der Waals surface area contributed by atoms with Gasteiger partial charge in [0.2, 0.25) is 5.91 Å². The molecular weight excluding hydrogens is 412 g/mol. The summed E-state index contributed by atoms with van der Waals surface area (Å²) in [6.07, 6.45) is 11.2. The van der Waals surface area contributed by atoms with Gasteiger partial charge >= 0.3 is 0 Å². The first kappa shape index (κ1) is 30.3. The van der Waals surface area contributed by atoms with E-state index in [1.54, 1.807) is 0 Å². The number of carbonyl (C=O) groups is 1. The highest BCUT2D eigenvalue weighted by atomic mass is 16.2. The quantitative estimate of drug-likeness (QED) is 0.153. The van der Waals surface area contributed by atoms with Gasteiger partial charge in [-0.2, -0.15) is 0 Å². The van der Waals surface area contributed by atoms with Gasteiger partial charge in [-0.05, 0) is 108 Å². The molecule has 1 amide bonds. The highest BCUT2D eigenvalue weighted by molar-refractivity contribution is 5.81. The Hall–Kier alpha value is -0.730. The van der Waals surface area contributed by atoms with E-state index in [-0.39, 0.29) is 11.9 Å². The Bertz CT molecular complexity index is 476. The van der Waals surface area contributed by atoms with Crippen LogP contribution in [0.15, 0.2) is 0 Å². The van der Waals surface area contributed by atoms with Crippen molar-refractivity contribution in [1.82, 2.24) is 21.3 Å². The Morgan fingerprint density at radius 1 is 0.879 bits per heavy atom. The smallest absolute Gasteiger partial charge is 0.236 e. The van der Waals surface area contributed by atoms with E-state index in [9.17, 15) is 4.79 Å². The average Bonchev–Trinajstić information content (AvgIpc) is 2.79. The maximum absolute atomic E-state index is 12.2. The molecule has 1 rings (SSSR count). The first-order valence-electron chi connectivity index (χ1n) is 13.8. The van der Waals surface area contributed by atoms with Crippen LogP contribution in [-0.2, 0) is 4.79 Å². The monoisotopic (exact) mass is 468 g/mol. The van der Waals surface area contributed by atoms with Crippen molar-refractivity contribution < 1.29 is 4.79 Å². The second-order valence-corrected chi connectivity index (χ2v) is 10.5. The predicted octanol–water partition coefficient (Wildman–Crippen LogP) is 2.35. The summed E-state index contributed by atoms with van der Waals surface area (Å²) in [5.74, 6) is 2.37. The van der Waals surface area contributed by atoms with E-state index in [1.807, 2.05) is 0 Å². The summed E-state index contributed by atoms with van der Waals surface area (Å²) in [5.41, 5.74) is 11.6. The van der Waals surface area contributed by atoms with E-state index in [0.717, 1.165) is 89.1 Å². The largest absolute Gasteiger partial charge is 0.355 e. The lowest BCUT2D eigenvalue weighted by Gasteiger charge is -2.38. The molecule has 0 radical (unpaired) electrons. The molecule has 0 aromatic heterocycles. The van der Waals surface area contributed by atoms with Crippen LogP contribution >= 0.6 is 0 Å². The number of carbonyl (C=O) groups excluding carboxylic acids is 1. The van der Waals surface area contributed by atoms with Gasteiger partial charge in [-0.15, -0.1) is 0 Å². The molecule has 0 heterocycles. The Morgan fingerprint density at radius 3 is 2.18 bits per heavy atom. The number of unbranched alkanes of at least 4 members (excludes halogenated alkanes) is 2. The Morgan fingerprint density at radius 2 is 1.52 bits per heavy atom. The van der Waals surface area contributed by atoms with Crippen molar-refractivity contribution in [2.45, 2.75) is 97.1 Å². The average molecular weight is 469 g/mol. The van der Waals surface area contributed by atoms with Crippen molar-refractivity contribution in [3.05, 3.63) is 0 Å². The molecule has 0 bridgehead atoms. The van der Waals surface area contributed by atoms with Crippen LogP contribution in [-0.4, -0.2) is 63.8 Å². The van der Waals surface area contributed by atoms with E-state index < -0.39 is 0 Å². The fourth-order valence-corrected chi connectivity index (χ4v) is 4.88. The summed E-state index contributed by atoms with van der Waals surface area (Å²) in [6, 6.07) is 0.264. The van der Waals surface area contributed by atoms with Gasteiger partial charge in [0.05, 0.1) is 6.04 Å². The molecule has 33 heavy (non-hydrogen) atoms. The molecule has 1 saturated carbocycles. The van der Waals surface area contributed by atoms with Crippen molar-refractivity contribution in [2.24, 2.45) is 29.2 Å². The van der Waals surface area contributed by atoms with Crippen molar-refractivity contribution in [2.75, 3.05) is 45.8 Å². The first-order chi connectivity index (χ1) is 16.0. The number of amides is 1. The Labute approximate surface area is 204 Å². The summed E-state index contributed by atoms with van der Waals surface area (Å²) in [5, 5.41) is 13.6. The third kappa shape index (κ3) is 15.0. The van der Waals surface area contributed by atoms with Crippen LogP contribution in [0.25, 0.3) is 0 Å². The normalized spacial score (nSPS) is 21.9. The zero-order valence-corrected chi connectivity index (χ0v) is 22.0. The minimum atomic E-state index is -0.386. The molecule has 7 nitrogen and oxygen atoms in total. The molecule has 0 spiro atoms. The summed E-state index contributed by atoms with van der Waals surface area (Å²) in [7, 11) is 0. The standard InChI is InChI=1S/C26H56N6O/c1-21(2)23-12-11-22(3)20-25(23)31-18-5-4-10-24(28)26(33)32-19-9-17-30-15-7-6-14-29-16-8-13-27/h21-25,29-31H,4-20,27-28H2,1-3H3,(H,32,33)/t22-,23+,24-,25?/m1/s1. The van der Waals surface area contributed by atoms with E-state index in [1.165, 1.54) is 32.1 Å². The van der Waals surface area contributed by atoms with Gasteiger partial charge in [0.25, 0.3) is 0 Å². The maximum Gasteiger partial charge on any atom is 0.236 e. The summed E-state index contributed by atoms with van der Waals surface area (Å²) < 4.78 is 0. The van der Waals surface area contributed by atoms with Crippen molar-refractivity contribution in [3.8, 4) is 0 Å². The van der Waals surface area contributed by atoms with Crippen molar-refractivity contribution >= 4 is 5.91 Å². The highest BCUT2D eigenvalue weighted by Gasteiger charge is 2.29. The number of hydrogen-bond donors (Lipinski definition) is 6. The van der Waals surface area contributed by atoms with E-state index in [0.29, 0.717) is 12.6 Å². The van der Waals surface area contributed by atoms with Gasteiger partial charge < -0.3 is 32.7 Å². The molecule has 0 aromatic carbocycles. The second kappa shape index (κ2) is 19.6. The Balaban J connectivity index is 1.96. The predicted molar refractivity (Wildman–Crippen MR) is 141 cm³/mol. The molecule has 1 aliphatic carbocycles. The third-order valence-electron chi connectivity index (χ3n) is 7.05. The van der Waals surface area contributed by atoms with Gasteiger partial charge in [-0.3, -0.25) is 4.79 Å². The van der Waals surface area contributed by atoms with Crippen molar-refractivity contribution in [1.29, 1.82) is 0 Å². The maximum atomic E-state index is 12.2. The molecule has 1 unspecified atom stereocenters. The first-order valence-corrected chi connectivity index (χ1v) is 13.8. The van der Waals surface area contributed by atoms with E-state index in [2.05, 4.69) is 42.0 Å². The molecule has 0 saturated heterocycles. The SMILES string of the molecule is CC(C)[C@@H]1CC[C@@H](C)CC1NCCCC[C@@H](N)C(=O)NCCCNCCCCNCCCN. The molecule has 8 N–H and O–H groups in total. The van der Waals surface area contributed by atoms with Crippen LogP contribution in [0, 0.1) is 17.8 Å². The zero-order chi connectivity index (χ0) is 24.3. The van der Waals surface area contributed by atoms with Crippen molar-refractivity contribution in [3.63, 3.8) is 0 Å². The second-order valence-electron chi connectivity index (χ2n) is 10.5. The molecule has 0 aliphatic heterocycles. The summed E-state index contributed by atoms with van der Waals surface area (Å²) >= 11 is 0. The molecule has 1 fully saturated rings. The lowest BCUT2D eigenvalue weighted by Crippen LogP contribution is -2.43. The minimum absolute atomic E-state index is 0.00695. The number of nitrogens with one attached hydrogen (secondary N) is 4. The minimum Gasteiger partial charge on any atom is -0.355 e. The van der Waals surface area contributed by atoms with Crippen LogP contribution < -0.4 is 32.7 Å². The topological polar surface area (TPSA) is 117 Å².